The molecule has 9 heteroatoms. The number of nitrogens with one attached hydrogen (secondary N) is 1. The Bertz CT molecular complexity index is 1190. The fourth-order valence-corrected chi connectivity index (χ4v) is 3.35. The Morgan fingerprint density at radius 3 is 2.71 bits per heavy atom. The highest BCUT2D eigenvalue weighted by molar-refractivity contribution is 5.76. The molecule has 0 aliphatic heterocycles. The first kappa shape index (κ1) is 20.8. The van der Waals surface area contributed by atoms with Crippen molar-refractivity contribution in [2.75, 3.05) is 18.6 Å². The second kappa shape index (κ2) is 8.71. The van der Waals surface area contributed by atoms with E-state index in [1.165, 1.54) is 18.2 Å². The van der Waals surface area contributed by atoms with Crippen molar-refractivity contribution in [3.8, 4) is 16.9 Å². The first-order chi connectivity index (χ1) is 15.0. The van der Waals surface area contributed by atoms with Crippen molar-refractivity contribution in [2.24, 2.45) is 0 Å². The third-order valence-electron chi connectivity index (χ3n) is 4.95. The van der Waals surface area contributed by atoms with Crippen LogP contribution in [0.4, 0.5) is 14.6 Å². The third kappa shape index (κ3) is 4.35. The molecule has 3 aromatic heterocycles. The van der Waals surface area contributed by atoms with Crippen LogP contribution in [0.25, 0.3) is 16.8 Å². The minimum Gasteiger partial charge on any atom is -0.490 e. The minimum absolute atomic E-state index is 0.0845. The van der Waals surface area contributed by atoms with Gasteiger partial charge in [-0.15, -0.1) is 0 Å². The second-order valence-corrected chi connectivity index (χ2v) is 7.53. The number of nitrogens with zero attached hydrogens (tertiary/aromatic N) is 5. The van der Waals surface area contributed by atoms with Gasteiger partial charge < -0.3 is 10.1 Å². The zero-order valence-electron chi connectivity index (χ0n) is 17.6. The van der Waals surface area contributed by atoms with E-state index in [4.69, 9.17) is 9.72 Å². The standard InChI is InChI=1S/C22H24F2N6O/c1-14(2)30-13-16(11-25-30)19-12-26-29-8-6-21(28-22(19)29)27-15(3)18-10-17(24)4-5-20(18)31-9-7-23/h4-6,8,10-15H,7,9H2,1-3H3,(H,27,28). The summed E-state index contributed by atoms with van der Waals surface area (Å²) in [6, 6.07) is 5.91. The molecule has 3 heterocycles. The lowest BCUT2D eigenvalue weighted by Crippen LogP contribution is -2.11. The molecule has 1 aromatic carbocycles. The number of rotatable bonds is 8. The summed E-state index contributed by atoms with van der Waals surface area (Å²) in [6.07, 6.45) is 7.32. The third-order valence-corrected chi connectivity index (χ3v) is 4.95. The van der Waals surface area contributed by atoms with Crippen molar-refractivity contribution in [3.05, 3.63) is 60.4 Å². The van der Waals surface area contributed by atoms with Gasteiger partial charge in [0.25, 0.3) is 0 Å². The fourth-order valence-electron chi connectivity index (χ4n) is 3.35. The number of anilines is 1. The maximum atomic E-state index is 13.8. The van der Waals surface area contributed by atoms with Gasteiger partial charge >= 0.3 is 0 Å². The fraction of sp³-hybridized carbons (Fsp3) is 0.318. The van der Waals surface area contributed by atoms with E-state index in [1.54, 1.807) is 29.2 Å². The molecular formula is C22H24F2N6O. The van der Waals surface area contributed by atoms with Gasteiger partial charge in [-0.1, -0.05) is 0 Å². The van der Waals surface area contributed by atoms with E-state index in [1.807, 2.05) is 17.8 Å². The van der Waals surface area contributed by atoms with Crippen molar-refractivity contribution < 1.29 is 13.5 Å². The number of halogens is 2. The molecule has 4 rings (SSSR count). The average molecular weight is 426 g/mol. The summed E-state index contributed by atoms with van der Waals surface area (Å²) in [5.74, 6) is 0.643. The molecule has 7 nitrogen and oxygen atoms in total. The van der Waals surface area contributed by atoms with Crippen molar-refractivity contribution in [1.29, 1.82) is 0 Å². The number of aromatic nitrogens is 5. The molecule has 0 saturated carbocycles. The topological polar surface area (TPSA) is 69.3 Å². The molecule has 162 valence electrons. The number of alkyl halides is 1. The molecule has 4 aromatic rings. The van der Waals surface area contributed by atoms with E-state index in [2.05, 4.69) is 29.4 Å². The molecule has 0 fully saturated rings. The van der Waals surface area contributed by atoms with Gasteiger partial charge in [0.15, 0.2) is 5.65 Å². The zero-order chi connectivity index (χ0) is 22.0. The minimum atomic E-state index is -0.617. The second-order valence-electron chi connectivity index (χ2n) is 7.53. The molecule has 1 N–H and O–H groups in total. The van der Waals surface area contributed by atoms with Crippen molar-refractivity contribution >= 4 is 11.5 Å². The summed E-state index contributed by atoms with van der Waals surface area (Å²) in [6.45, 7) is 5.29. The molecule has 1 unspecified atom stereocenters. The summed E-state index contributed by atoms with van der Waals surface area (Å²) in [7, 11) is 0. The van der Waals surface area contributed by atoms with Gasteiger partial charge in [-0.25, -0.2) is 18.3 Å². The quantitative estimate of drug-likeness (QED) is 0.437. The number of hydrogen-bond donors (Lipinski definition) is 1. The van der Waals surface area contributed by atoms with Gasteiger partial charge in [0.2, 0.25) is 0 Å². The van der Waals surface area contributed by atoms with Crippen LogP contribution in [-0.4, -0.2) is 37.7 Å². The molecular weight excluding hydrogens is 402 g/mol. The summed E-state index contributed by atoms with van der Waals surface area (Å²) >= 11 is 0. The van der Waals surface area contributed by atoms with E-state index in [0.29, 0.717) is 22.8 Å². The van der Waals surface area contributed by atoms with Crippen LogP contribution in [0.1, 0.15) is 38.4 Å². The zero-order valence-corrected chi connectivity index (χ0v) is 17.6. The van der Waals surface area contributed by atoms with Crippen molar-refractivity contribution in [3.63, 3.8) is 0 Å². The monoisotopic (exact) mass is 426 g/mol. The smallest absolute Gasteiger partial charge is 0.165 e. The van der Waals surface area contributed by atoms with Gasteiger partial charge in [-0.3, -0.25) is 4.68 Å². The molecule has 0 aliphatic rings. The molecule has 0 aliphatic carbocycles. The van der Waals surface area contributed by atoms with E-state index in [0.717, 1.165) is 11.1 Å². The SMILES string of the molecule is CC(Nc1ccn2ncc(-c3cnn(C(C)C)c3)c2n1)c1cc(F)ccc1OCCF. The predicted octanol–water partition coefficient (Wildman–Crippen LogP) is 4.83. The molecule has 31 heavy (non-hydrogen) atoms. The lowest BCUT2D eigenvalue weighted by atomic mass is 10.1. The van der Waals surface area contributed by atoms with Gasteiger partial charge in [0.1, 0.15) is 30.7 Å². The first-order valence-corrected chi connectivity index (χ1v) is 10.1. The lowest BCUT2D eigenvalue weighted by Gasteiger charge is -2.19. The Labute approximate surface area is 178 Å². The summed E-state index contributed by atoms with van der Waals surface area (Å²) in [5.41, 5.74) is 3.05. The molecule has 0 amide bonds. The van der Waals surface area contributed by atoms with Crippen LogP contribution in [0.3, 0.4) is 0 Å². The molecule has 0 bridgehead atoms. The number of benzene rings is 1. The highest BCUT2D eigenvalue weighted by Gasteiger charge is 2.16. The summed E-state index contributed by atoms with van der Waals surface area (Å²) < 4.78 is 35.4. The Morgan fingerprint density at radius 1 is 1.13 bits per heavy atom. The van der Waals surface area contributed by atoms with E-state index in [9.17, 15) is 8.78 Å². The average Bonchev–Trinajstić information content (AvgIpc) is 3.39. The van der Waals surface area contributed by atoms with Crippen LogP contribution < -0.4 is 10.1 Å². The molecule has 0 spiro atoms. The Morgan fingerprint density at radius 2 is 1.97 bits per heavy atom. The first-order valence-electron chi connectivity index (χ1n) is 10.1. The lowest BCUT2D eigenvalue weighted by molar-refractivity contribution is 0.270. The number of hydrogen-bond acceptors (Lipinski definition) is 5. The van der Waals surface area contributed by atoms with Gasteiger partial charge in [-0.05, 0) is 45.0 Å². The number of fused-ring (bicyclic) bond motifs is 1. The molecule has 0 radical (unpaired) electrons. The van der Waals surface area contributed by atoms with Crippen LogP contribution >= 0.6 is 0 Å². The summed E-state index contributed by atoms with van der Waals surface area (Å²) in [4.78, 5) is 4.70. The highest BCUT2D eigenvalue weighted by Crippen LogP contribution is 2.30. The normalized spacial score (nSPS) is 12.5. The number of ether oxygens (including phenoxy) is 1. The van der Waals surface area contributed by atoms with Gasteiger partial charge in [0, 0.05) is 35.1 Å². The van der Waals surface area contributed by atoms with Crippen LogP contribution in [0.2, 0.25) is 0 Å². The van der Waals surface area contributed by atoms with E-state index >= 15 is 0 Å². The van der Waals surface area contributed by atoms with Crippen molar-refractivity contribution in [1.82, 2.24) is 24.4 Å². The maximum absolute atomic E-state index is 13.8. The predicted molar refractivity (Wildman–Crippen MR) is 115 cm³/mol. The van der Waals surface area contributed by atoms with E-state index < -0.39 is 6.67 Å². The highest BCUT2D eigenvalue weighted by atomic mass is 19.1. The Hall–Kier alpha value is -3.49. The van der Waals surface area contributed by atoms with Gasteiger partial charge in [-0.2, -0.15) is 10.2 Å². The van der Waals surface area contributed by atoms with Crippen LogP contribution in [0, 0.1) is 5.82 Å². The maximum Gasteiger partial charge on any atom is 0.165 e. The largest absolute Gasteiger partial charge is 0.490 e. The van der Waals surface area contributed by atoms with E-state index in [-0.39, 0.29) is 24.5 Å². The van der Waals surface area contributed by atoms with Crippen LogP contribution in [-0.2, 0) is 0 Å². The van der Waals surface area contributed by atoms with Crippen LogP contribution in [0.15, 0.2) is 49.1 Å². The Balaban J connectivity index is 1.63. The summed E-state index contributed by atoms with van der Waals surface area (Å²) in [5, 5.41) is 12.0. The molecule has 0 saturated heterocycles. The van der Waals surface area contributed by atoms with Crippen molar-refractivity contribution in [2.45, 2.75) is 32.9 Å². The van der Waals surface area contributed by atoms with Crippen LogP contribution in [0.5, 0.6) is 5.75 Å². The molecule has 1 atom stereocenters. The Kier molecular flexibility index (Phi) is 5.83. The van der Waals surface area contributed by atoms with Gasteiger partial charge in [0.05, 0.1) is 18.4 Å².